The van der Waals surface area contributed by atoms with Crippen molar-refractivity contribution in [3.8, 4) is 0 Å². The highest BCUT2D eigenvalue weighted by molar-refractivity contribution is 7.09. The summed E-state index contributed by atoms with van der Waals surface area (Å²) in [6.45, 7) is 5.96. The summed E-state index contributed by atoms with van der Waals surface area (Å²) in [6, 6.07) is 1.90. The van der Waals surface area contributed by atoms with Crippen molar-refractivity contribution in [3.05, 3.63) is 46.4 Å². The smallest absolute Gasteiger partial charge is 0.233 e. The Kier molecular flexibility index (Phi) is 4.01. The Morgan fingerprint density at radius 2 is 2.32 bits per heavy atom. The molecule has 1 atom stereocenters. The molecule has 0 radical (unpaired) electrons. The molecule has 8 heteroatoms. The van der Waals surface area contributed by atoms with Gasteiger partial charge < -0.3 is 5.32 Å². The maximum atomic E-state index is 11.8. The lowest BCUT2D eigenvalue weighted by Crippen LogP contribution is -2.47. The van der Waals surface area contributed by atoms with Crippen LogP contribution in [-0.4, -0.2) is 43.2 Å². The van der Waals surface area contributed by atoms with Crippen LogP contribution in [0.5, 0.6) is 0 Å². The van der Waals surface area contributed by atoms with Crippen molar-refractivity contribution >= 4 is 23.0 Å². The summed E-state index contributed by atoms with van der Waals surface area (Å²) in [7, 11) is 0. The number of nitrogens with zero attached hydrogens (tertiary/aromatic N) is 5. The predicted molar refractivity (Wildman–Crippen MR) is 95.2 cm³/mol. The number of amides is 1. The fourth-order valence-electron chi connectivity index (χ4n) is 3.49. The predicted octanol–water partition coefficient (Wildman–Crippen LogP) is 1.73. The Bertz CT molecular complexity index is 919. The lowest BCUT2D eigenvalue weighted by Gasteiger charge is -2.28. The molecule has 1 amide bonds. The molecule has 1 N–H and O–H groups in total. The first-order valence-corrected chi connectivity index (χ1v) is 9.14. The molecule has 3 aromatic rings. The summed E-state index contributed by atoms with van der Waals surface area (Å²) in [5, 5.41) is 6.19. The van der Waals surface area contributed by atoms with E-state index < -0.39 is 5.54 Å². The standard InChI is InChI=1S/C17H20N6OS/c1-12-10-25-15(20-12)17(21-13(2)24)4-7-22(11-17)9-14-8-19-16-18-5-3-6-23(14)16/h3,5-6,8,10H,4,7,9,11H2,1-2H3,(H,21,24). The van der Waals surface area contributed by atoms with Gasteiger partial charge in [-0.3, -0.25) is 14.1 Å². The van der Waals surface area contributed by atoms with E-state index in [1.807, 2.05) is 35.2 Å². The number of thiazole rings is 1. The van der Waals surface area contributed by atoms with E-state index in [9.17, 15) is 4.79 Å². The molecule has 25 heavy (non-hydrogen) atoms. The SMILES string of the molecule is CC(=O)NC1(c2nc(C)cs2)CCN(Cc2cnc3ncccn23)C1. The number of hydrogen-bond donors (Lipinski definition) is 1. The summed E-state index contributed by atoms with van der Waals surface area (Å²) < 4.78 is 2.01. The Morgan fingerprint density at radius 3 is 3.08 bits per heavy atom. The fraction of sp³-hybridized carbons (Fsp3) is 0.412. The van der Waals surface area contributed by atoms with Crippen molar-refractivity contribution in [2.75, 3.05) is 13.1 Å². The fourth-order valence-corrected chi connectivity index (χ4v) is 4.46. The third-order valence-electron chi connectivity index (χ3n) is 4.54. The number of carbonyl (C=O) groups excluding carboxylic acids is 1. The average molecular weight is 356 g/mol. The molecule has 4 rings (SSSR count). The molecule has 0 bridgehead atoms. The minimum atomic E-state index is -0.399. The van der Waals surface area contributed by atoms with Gasteiger partial charge in [-0.2, -0.15) is 0 Å². The molecule has 1 fully saturated rings. The lowest BCUT2D eigenvalue weighted by molar-refractivity contribution is -0.120. The van der Waals surface area contributed by atoms with Crippen LogP contribution in [0, 0.1) is 6.92 Å². The number of likely N-dealkylation sites (tertiary alicyclic amines) is 1. The third kappa shape index (κ3) is 3.03. The first kappa shape index (κ1) is 16.2. The summed E-state index contributed by atoms with van der Waals surface area (Å²) in [5.74, 6) is 0.689. The van der Waals surface area contributed by atoms with Crippen molar-refractivity contribution in [1.29, 1.82) is 0 Å². The van der Waals surface area contributed by atoms with Crippen LogP contribution < -0.4 is 5.32 Å². The second-order valence-corrected chi connectivity index (χ2v) is 7.42. The maximum absolute atomic E-state index is 11.8. The van der Waals surface area contributed by atoms with Gasteiger partial charge >= 0.3 is 0 Å². The molecule has 0 aromatic carbocycles. The molecule has 1 aliphatic heterocycles. The number of fused-ring (bicyclic) bond motifs is 1. The summed E-state index contributed by atoms with van der Waals surface area (Å²) in [5.41, 5.74) is 1.69. The molecule has 1 aliphatic rings. The molecule has 1 saturated heterocycles. The quantitative estimate of drug-likeness (QED) is 0.770. The van der Waals surface area contributed by atoms with Crippen LogP contribution in [0.3, 0.4) is 0 Å². The van der Waals surface area contributed by atoms with Crippen molar-refractivity contribution < 1.29 is 4.79 Å². The van der Waals surface area contributed by atoms with Gasteiger partial charge in [-0.05, 0) is 19.4 Å². The number of rotatable bonds is 4. The normalized spacial score (nSPS) is 21.0. The molecule has 130 valence electrons. The second kappa shape index (κ2) is 6.20. The number of carbonyl (C=O) groups is 1. The Hall–Kier alpha value is -2.32. The molecule has 3 aromatic heterocycles. The van der Waals surface area contributed by atoms with Crippen LogP contribution in [0.2, 0.25) is 0 Å². The van der Waals surface area contributed by atoms with Gasteiger partial charge in [0.15, 0.2) is 0 Å². The van der Waals surface area contributed by atoms with E-state index in [0.29, 0.717) is 5.78 Å². The van der Waals surface area contributed by atoms with Crippen LogP contribution >= 0.6 is 11.3 Å². The zero-order valence-electron chi connectivity index (χ0n) is 14.3. The first-order valence-electron chi connectivity index (χ1n) is 8.26. The van der Waals surface area contributed by atoms with Gasteiger partial charge in [0, 0.05) is 50.0 Å². The van der Waals surface area contributed by atoms with E-state index in [4.69, 9.17) is 0 Å². The molecule has 1 unspecified atom stereocenters. The van der Waals surface area contributed by atoms with Crippen LogP contribution in [0.25, 0.3) is 5.78 Å². The highest BCUT2D eigenvalue weighted by Gasteiger charge is 2.42. The molecule has 4 heterocycles. The van der Waals surface area contributed by atoms with Crippen LogP contribution in [0.15, 0.2) is 30.0 Å². The van der Waals surface area contributed by atoms with Gasteiger partial charge in [-0.1, -0.05) is 0 Å². The zero-order valence-corrected chi connectivity index (χ0v) is 15.1. The Labute approximate surface area is 149 Å². The highest BCUT2D eigenvalue weighted by Crippen LogP contribution is 2.34. The van der Waals surface area contributed by atoms with E-state index in [1.54, 1.807) is 24.5 Å². The highest BCUT2D eigenvalue weighted by atomic mass is 32.1. The van der Waals surface area contributed by atoms with E-state index in [2.05, 4.69) is 25.2 Å². The van der Waals surface area contributed by atoms with Gasteiger partial charge in [0.05, 0.1) is 11.9 Å². The maximum Gasteiger partial charge on any atom is 0.233 e. The monoisotopic (exact) mass is 356 g/mol. The zero-order chi connectivity index (χ0) is 17.4. The number of aromatic nitrogens is 4. The van der Waals surface area contributed by atoms with Crippen LogP contribution in [0.1, 0.15) is 29.7 Å². The largest absolute Gasteiger partial charge is 0.343 e. The molecular formula is C17H20N6OS. The van der Waals surface area contributed by atoms with E-state index in [1.165, 1.54) is 0 Å². The molecular weight excluding hydrogens is 336 g/mol. The summed E-state index contributed by atoms with van der Waals surface area (Å²) >= 11 is 1.62. The molecule has 0 spiro atoms. The Morgan fingerprint density at radius 1 is 1.44 bits per heavy atom. The van der Waals surface area contributed by atoms with E-state index in [-0.39, 0.29) is 5.91 Å². The average Bonchev–Trinajstić information content (AvgIpc) is 3.28. The van der Waals surface area contributed by atoms with Gasteiger partial charge in [-0.15, -0.1) is 11.3 Å². The molecule has 0 saturated carbocycles. The van der Waals surface area contributed by atoms with Crippen LogP contribution in [0.4, 0.5) is 0 Å². The minimum absolute atomic E-state index is 0.0197. The van der Waals surface area contributed by atoms with E-state index >= 15 is 0 Å². The number of hydrogen-bond acceptors (Lipinski definition) is 6. The van der Waals surface area contributed by atoms with Crippen molar-refractivity contribution in [2.24, 2.45) is 0 Å². The van der Waals surface area contributed by atoms with Crippen molar-refractivity contribution in [1.82, 2.24) is 29.6 Å². The van der Waals surface area contributed by atoms with Crippen molar-refractivity contribution in [3.63, 3.8) is 0 Å². The van der Waals surface area contributed by atoms with Gasteiger partial charge in [-0.25, -0.2) is 15.0 Å². The third-order valence-corrected chi connectivity index (χ3v) is 5.71. The molecule has 0 aliphatic carbocycles. The summed E-state index contributed by atoms with van der Waals surface area (Å²) in [4.78, 5) is 27.4. The van der Waals surface area contributed by atoms with Gasteiger partial charge in [0.2, 0.25) is 11.7 Å². The van der Waals surface area contributed by atoms with Gasteiger partial charge in [0.1, 0.15) is 10.5 Å². The second-order valence-electron chi connectivity index (χ2n) is 6.56. The lowest BCUT2D eigenvalue weighted by atomic mass is 9.99. The topological polar surface area (TPSA) is 75.4 Å². The number of nitrogens with one attached hydrogen (secondary N) is 1. The van der Waals surface area contributed by atoms with E-state index in [0.717, 1.165) is 42.5 Å². The molecule has 7 nitrogen and oxygen atoms in total. The number of imidazole rings is 1. The summed E-state index contributed by atoms with van der Waals surface area (Å²) in [6.07, 6.45) is 6.45. The Balaban J connectivity index is 1.58. The van der Waals surface area contributed by atoms with Gasteiger partial charge in [0.25, 0.3) is 0 Å². The van der Waals surface area contributed by atoms with Crippen molar-refractivity contribution in [2.45, 2.75) is 32.4 Å². The van der Waals surface area contributed by atoms with Crippen LogP contribution in [-0.2, 0) is 16.9 Å². The first-order chi connectivity index (χ1) is 12.1. The minimum Gasteiger partial charge on any atom is -0.343 e. The number of aryl methyl sites for hydroxylation is 1.